The first-order valence-electron chi connectivity index (χ1n) is 5.76. The van der Waals surface area contributed by atoms with Crippen molar-refractivity contribution < 1.29 is 9.53 Å². The summed E-state index contributed by atoms with van der Waals surface area (Å²) in [6, 6.07) is 6.98. The zero-order chi connectivity index (χ0) is 12.8. The largest absolute Gasteiger partial charge is 0.493 e. The summed E-state index contributed by atoms with van der Waals surface area (Å²) >= 11 is 0. The molecule has 1 aromatic carbocycles. The van der Waals surface area contributed by atoms with E-state index in [1.54, 1.807) is 30.7 Å². The quantitative estimate of drug-likeness (QED) is 0.757. The van der Waals surface area contributed by atoms with Crippen LogP contribution >= 0.6 is 0 Å². The number of nitrogens with two attached hydrogens (primary N) is 1. The Balaban J connectivity index is 1.85. The Morgan fingerprint density at radius 2 is 2.22 bits per heavy atom. The number of primary amides is 1. The van der Waals surface area contributed by atoms with E-state index in [0.717, 1.165) is 18.5 Å². The van der Waals surface area contributed by atoms with Gasteiger partial charge in [0.15, 0.2) is 0 Å². The molecular formula is C13H15N3O2. The van der Waals surface area contributed by atoms with Crippen LogP contribution in [-0.4, -0.2) is 22.5 Å². The number of H-pyrrole nitrogens is 1. The summed E-state index contributed by atoms with van der Waals surface area (Å²) < 4.78 is 5.56. The topological polar surface area (TPSA) is 81.0 Å². The Labute approximate surface area is 105 Å². The summed E-state index contributed by atoms with van der Waals surface area (Å²) in [6.07, 6.45) is 5.14. The van der Waals surface area contributed by atoms with E-state index in [9.17, 15) is 4.79 Å². The lowest BCUT2D eigenvalue weighted by atomic mass is 10.2. The number of ether oxygens (including phenoxy) is 1. The molecule has 1 aromatic heterocycles. The molecule has 94 valence electrons. The number of nitrogens with zero attached hydrogens (tertiary/aromatic N) is 1. The normalized spacial score (nSPS) is 10.2. The van der Waals surface area contributed by atoms with Gasteiger partial charge in [-0.15, -0.1) is 0 Å². The molecule has 3 N–H and O–H groups in total. The third-order valence-corrected chi connectivity index (χ3v) is 2.56. The number of aromatic nitrogens is 2. The summed E-state index contributed by atoms with van der Waals surface area (Å²) in [7, 11) is 0. The van der Waals surface area contributed by atoms with E-state index in [2.05, 4.69) is 9.97 Å². The standard InChI is InChI=1S/C13H15N3O2/c14-13(17)11-5-1-2-6-12(11)18-7-3-4-10-8-15-9-16-10/h1-2,5-6,8-9H,3-4,7H2,(H2,14,17)(H,15,16). The molecule has 0 unspecified atom stereocenters. The molecule has 18 heavy (non-hydrogen) atoms. The number of aryl methyl sites for hydroxylation is 1. The molecule has 0 saturated heterocycles. The molecule has 0 aliphatic heterocycles. The number of para-hydroxylation sites is 1. The van der Waals surface area contributed by atoms with Crippen molar-refractivity contribution in [2.75, 3.05) is 6.61 Å². The molecule has 0 spiro atoms. The molecule has 5 heteroatoms. The maximum absolute atomic E-state index is 11.2. The maximum Gasteiger partial charge on any atom is 0.252 e. The zero-order valence-electron chi connectivity index (χ0n) is 9.93. The van der Waals surface area contributed by atoms with Gasteiger partial charge in [0.05, 0.1) is 18.5 Å². The molecule has 0 atom stereocenters. The number of amides is 1. The van der Waals surface area contributed by atoms with Crippen molar-refractivity contribution in [3.05, 3.63) is 48.0 Å². The Morgan fingerprint density at radius 3 is 2.94 bits per heavy atom. The number of imidazole rings is 1. The van der Waals surface area contributed by atoms with Crippen LogP contribution in [0.2, 0.25) is 0 Å². The van der Waals surface area contributed by atoms with Gasteiger partial charge >= 0.3 is 0 Å². The van der Waals surface area contributed by atoms with Crippen LogP contribution in [0.4, 0.5) is 0 Å². The lowest BCUT2D eigenvalue weighted by Gasteiger charge is -2.08. The molecule has 0 saturated carbocycles. The molecule has 0 fully saturated rings. The molecule has 0 bridgehead atoms. The van der Waals surface area contributed by atoms with Crippen LogP contribution in [0.25, 0.3) is 0 Å². The van der Waals surface area contributed by atoms with Crippen molar-refractivity contribution in [2.24, 2.45) is 5.73 Å². The van der Waals surface area contributed by atoms with E-state index in [0.29, 0.717) is 17.9 Å². The van der Waals surface area contributed by atoms with Gasteiger partial charge in [-0.05, 0) is 25.0 Å². The van der Waals surface area contributed by atoms with Gasteiger partial charge < -0.3 is 15.5 Å². The van der Waals surface area contributed by atoms with Crippen molar-refractivity contribution in [1.82, 2.24) is 9.97 Å². The van der Waals surface area contributed by atoms with Gasteiger partial charge in [0.1, 0.15) is 5.75 Å². The van der Waals surface area contributed by atoms with Gasteiger partial charge in [-0.3, -0.25) is 4.79 Å². The van der Waals surface area contributed by atoms with Crippen LogP contribution < -0.4 is 10.5 Å². The highest BCUT2D eigenvalue weighted by atomic mass is 16.5. The van der Waals surface area contributed by atoms with E-state index in [4.69, 9.17) is 10.5 Å². The molecule has 2 rings (SSSR count). The number of hydrogen-bond acceptors (Lipinski definition) is 3. The second kappa shape index (κ2) is 5.86. The van der Waals surface area contributed by atoms with E-state index in [1.807, 2.05) is 6.07 Å². The summed E-state index contributed by atoms with van der Waals surface area (Å²) in [5, 5.41) is 0. The number of rotatable bonds is 6. The van der Waals surface area contributed by atoms with Crippen LogP contribution in [0.1, 0.15) is 22.5 Å². The fourth-order valence-corrected chi connectivity index (χ4v) is 1.66. The van der Waals surface area contributed by atoms with Gasteiger partial charge in [0, 0.05) is 11.9 Å². The number of nitrogens with one attached hydrogen (secondary N) is 1. The summed E-state index contributed by atoms with van der Waals surface area (Å²) in [4.78, 5) is 18.1. The Hall–Kier alpha value is -2.30. The van der Waals surface area contributed by atoms with Crippen molar-refractivity contribution in [2.45, 2.75) is 12.8 Å². The molecule has 0 aliphatic carbocycles. The molecule has 2 aromatic rings. The fourth-order valence-electron chi connectivity index (χ4n) is 1.66. The van der Waals surface area contributed by atoms with Crippen molar-refractivity contribution >= 4 is 5.91 Å². The van der Waals surface area contributed by atoms with Gasteiger partial charge in [-0.25, -0.2) is 4.98 Å². The van der Waals surface area contributed by atoms with Crippen LogP contribution in [0.3, 0.4) is 0 Å². The van der Waals surface area contributed by atoms with Crippen molar-refractivity contribution in [3.63, 3.8) is 0 Å². The Kier molecular flexibility index (Phi) is 3.96. The number of benzene rings is 1. The number of aromatic amines is 1. The lowest BCUT2D eigenvalue weighted by molar-refractivity contribution is 0.0996. The first kappa shape index (κ1) is 12.2. The van der Waals surface area contributed by atoms with Gasteiger partial charge in [-0.2, -0.15) is 0 Å². The van der Waals surface area contributed by atoms with Crippen LogP contribution in [-0.2, 0) is 6.42 Å². The fraction of sp³-hybridized carbons (Fsp3) is 0.231. The third-order valence-electron chi connectivity index (χ3n) is 2.56. The molecule has 5 nitrogen and oxygen atoms in total. The van der Waals surface area contributed by atoms with E-state index >= 15 is 0 Å². The van der Waals surface area contributed by atoms with E-state index < -0.39 is 5.91 Å². The van der Waals surface area contributed by atoms with Crippen molar-refractivity contribution in [3.8, 4) is 5.75 Å². The van der Waals surface area contributed by atoms with Gasteiger partial charge in [-0.1, -0.05) is 12.1 Å². The Bertz CT molecular complexity index is 509. The average Bonchev–Trinajstić information content (AvgIpc) is 2.88. The van der Waals surface area contributed by atoms with Crippen molar-refractivity contribution in [1.29, 1.82) is 0 Å². The van der Waals surface area contributed by atoms with Crippen LogP contribution in [0.5, 0.6) is 5.75 Å². The predicted octanol–water partition coefficient (Wildman–Crippen LogP) is 1.52. The number of hydrogen-bond donors (Lipinski definition) is 2. The zero-order valence-corrected chi connectivity index (χ0v) is 9.93. The molecule has 0 radical (unpaired) electrons. The summed E-state index contributed by atoms with van der Waals surface area (Å²) in [6.45, 7) is 0.531. The average molecular weight is 245 g/mol. The van der Waals surface area contributed by atoms with Crippen LogP contribution in [0.15, 0.2) is 36.8 Å². The molecule has 1 amide bonds. The lowest BCUT2D eigenvalue weighted by Crippen LogP contribution is -2.13. The predicted molar refractivity (Wildman–Crippen MR) is 67.4 cm³/mol. The van der Waals surface area contributed by atoms with Gasteiger partial charge in [0.25, 0.3) is 5.91 Å². The minimum Gasteiger partial charge on any atom is -0.493 e. The summed E-state index contributed by atoms with van der Waals surface area (Å²) in [5.74, 6) is 0.0637. The third kappa shape index (κ3) is 3.10. The Morgan fingerprint density at radius 1 is 1.39 bits per heavy atom. The number of carbonyl (C=O) groups excluding carboxylic acids is 1. The van der Waals surface area contributed by atoms with Gasteiger partial charge in [0.2, 0.25) is 0 Å². The highest BCUT2D eigenvalue weighted by Crippen LogP contribution is 2.17. The first-order valence-corrected chi connectivity index (χ1v) is 5.76. The highest BCUT2D eigenvalue weighted by Gasteiger charge is 2.07. The SMILES string of the molecule is NC(=O)c1ccccc1OCCCc1cnc[nH]1. The van der Waals surface area contributed by atoms with E-state index in [1.165, 1.54) is 0 Å². The molecule has 0 aliphatic rings. The maximum atomic E-state index is 11.2. The second-order valence-electron chi connectivity index (χ2n) is 3.89. The van der Waals surface area contributed by atoms with Crippen LogP contribution in [0, 0.1) is 0 Å². The molecule has 1 heterocycles. The minimum atomic E-state index is -0.473. The monoisotopic (exact) mass is 245 g/mol. The highest BCUT2D eigenvalue weighted by molar-refractivity contribution is 5.95. The summed E-state index contributed by atoms with van der Waals surface area (Å²) in [5.41, 5.74) is 6.75. The smallest absolute Gasteiger partial charge is 0.252 e. The second-order valence-corrected chi connectivity index (χ2v) is 3.89. The van der Waals surface area contributed by atoms with E-state index in [-0.39, 0.29) is 0 Å². The number of carbonyl (C=O) groups is 1. The molecular weight excluding hydrogens is 230 g/mol. The minimum absolute atomic E-state index is 0.416. The first-order chi connectivity index (χ1) is 8.77.